The van der Waals surface area contributed by atoms with Crippen molar-refractivity contribution in [2.45, 2.75) is 0 Å². The Morgan fingerprint density at radius 1 is 1.12 bits per heavy atom. The minimum Gasteiger partial charge on any atom is -0.468 e. The Balaban J connectivity index is 2.05. The van der Waals surface area contributed by atoms with Crippen LogP contribution in [0, 0.1) is 0 Å². The van der Waals surface area contributed by atoms with Gasteiger partial charge in [0, 0.05) is 16.0 Å². The Hall–Kier alpha value is -2.92. The average molecular weight is 355 g/mol. The molecule has 3 rings (SSSR count). The summed E-state index contributed by atoms with van der Waals surface area (Å²) < 4.78 is 4.55. The highest BCUT2D eigenvalue weighted by Gasteiger charge is 2.14. The Labute approximate surface area is 149 Å². The smallest absolute Gasteiger partial charge is 0.325 e. The lowest BCUT2D eigenvalue weighted by Crippen LogP contribution is -2.30. The van der Waals surface area contributed by atoms with Crippen LogP contribution in [0.4, 0.5) is 0 Å². The van der Waals surface area contributed by atoms with Crippen molar-refractivity contribution >= 4 is 34.4 Å². The van der Waals surface area contributed by atoms with Crippen molar-refractivity contribution in [1.29, 1.82) is 0 Å². The third-order valence-corrected chi connectivity index (χ3v) is 3.97. The molecule has 0 unspecified atom stereocenters. The molecule has 0 radical (unpaired) electrons. The number of aromatic nitrogens is 1. The number of ether oxygens (including phenoxy) is 1. The van der Waals surface area contributed by atoms with Crippen molar-refractivity contribution in [2.75, 3.05) is 13.7 Å². The maximum Gasteiger partial charge on any atom is 0.325 e. The van der Waals surface area contributed by atoms with Crippen LogP contribution in [0.25, 0.3) is 22.2 Å². The largest absolute Gasteiger partial charge is 0.468 e. The second kappa shape index (κ2) is 7.32. The monoisotopic (exact) mass is 354 g/mol. The minimum absolute atomic E-state index is 0.192. The summed E-state index contributed by atoms with van der Waals surface area (Å²) >= 11 is 5.93. The normalized spacial score (nSPS) is 10.5. The third-order valence-electron chi connectivity index (χ3n) is 3.72. The molecule has 2 aromatic carbocycles. The molecule has 6 heteroatoms. The first kappa shape index (κ1) is 16.9. The molecule has 5 nitrogen and oxygen atoms in total. The molecule has 1 aromatic heterocycles. The van der Waals surface area contributed by atoms with E-state index in [2.05, 4.69) is 15.0 Å². The van der Waals surface area contributed by atoms with Gasteiger partial charge in [-0.2, -0.15) is 0 Å². The standard InChI is InChI=1S/C19H15ClN2O3/c1-25-18(23)11-21-19(24)15-10-17(12-6-8-13(20)9-7-12)22-16-5-3-2-4-14(15)16/h2-10H,11H2,1H3,(H,21,24). The van der Waals surface area contributed by atoms with Crippen molar-refractivity contribution in [3.05, 3.63) is 65.2 Å². The van der Waals surface area contributed by atoms with Crippen molar-refractivity contribution in [3.63, 3.8) is 0 Å². The number of para-hydroxylation sites is 1. The number of methoxy groups -OCH3 is 1. The Bertz CT molecular complexity index is 939. The number of nitrogens with zero attached hydrogens (tertiary/aromatic N) is 1. The highest BCUT2D eigenvalue weighted by Crippen LogP contribution is 2.25. The number of halogens is 1. The number of fused-ring (bicyclic) bond motifs is 1. The lowest BCUT2D eigenvalue weighted by Gasteiger charge is -2.10. The van der Waals surface area contributed by atoms with Crippen LogP contribution >= 0.6 is 11.6 Å². The lowest BCUT2D eigenvalue weighted by atomic mass is 10.0. The second-order valence-electron chi connectivity index (χ2n) is 5.34. The van der Waals surface area contributed by atoms with Gasteiger partial charge in [-0.1, -0.05) is 41.9 Å². The van der Waals surface area contributed by atoms with Gasteiger partial charge in [-0.15, -0.1) is 0 Å². The molecule has 0 spiro atoms. The van der Waals surface area contributed by atoms with E-state index >= 15 is 0 Å². The number of esters is 1. The Morgan fingerprint density at radius 3 is 2.56 bits per heavy atom. The predicted molar refractivity (Wildman–Crippen MR) is 96.5 cm³/mol. The van der Waals surface area contributed by atoms with Gasteiger partial charge in [0.1, 0.15) is 6.54 Å². The highest BCUT2D eigenvalue weighted by molar-refractivity contribution is 6.30. The molecule has 25 heavy (non-hydrogen) atoms. The van der Waals surface area contributed by atoms with Crippen LogP contribution in [0.15, 0.2) is 54.6 Å². The zero-order valence-corrected chi connectivity index (χ0v) is 14.2. The molecule has 1 heterocycles. The van der Waals surface area contributed by atoms with E-state index in [9.17, 15) is 9.59 Å². The number of amides is 1. The number of benzene rings is 2. The van der Waals surface area contributed by atoms with E-state index < -0.39 is 5.97 Å². The van der Waals surface area contributed by atoms with E-state index in [-0.39, 0.29) is 12.5 Å². The van der Waals surface area contributed by atoms with Crippen molar-refractivity contribution in [3.8, 4) is 11.3 Å². The van der Waals surface area contributed by atoms with E-state index in [1.807, 2.05) is 36.4 Å². The molecule has 126 valence electrons. The maximum absolute atomic E-state index is 12.5. The minimum atomic E-state index is -0.510. The molecule has 0 bridgehead atoms. The molecule has 0 aliphatic rings. The Kier molecular flexibility index (Phi) is 4.95. The summed E-state index contributed by atoms with van der Waals surface area (Å²) in [6.45, 7) is -0.192. The van der Waals surface area contributed by atoms with E-state index in [0.29, 0.717) is 27.2 Å². The van der Waals surface area contributed by atoms with Gasteiger partial charge < -0.3 is 10.1 Å². The summed E-state index contributed by atoms with van der Waals surface area (Å²) in [5.74, 6) is -0.871. The van der Waals surface area contributed by atoms with E-state index in [1.54, 1.807) is 18.2 Å². The quantitative estimate of drug-likeness (QED) is 0.728. The van der Waals surface area contributed by atoms with E-state index in [1.165, 1.54) is 7.11 Å². The van der Waals surface area contributed by atoms with Crippen LogP contribution in [0.2, 0.25) is 5.02 Å². The van der Waals surface area contributed by atoms with Gasteiger partial charge >= 0.3 is 5.97 Å². The number of hydrogen-bond donors (Lipinski definition) is 1. The van der Waals surface area contributed by atoms with Crippen LogP contribution in [0.1, 0.15) is 10.4 Å². The summed E-state index contributed by atoms with van der Waals surface area (Å²) in [5.41, 5.74) is 2.63. The molecule has 0 saturated heterocycles. The van der Waals surface area contributed by atoms with Crippen LogP contribution in [-0.2, 0) is 9.53 Å². The molecular formula is C19H15ClN2O3. The number of carbonyl (C=O) groups excluding carboxylic acids is 2. The topological polar surface area (TPSA) is 68.3 Å². The van der Waals surface area contributed by atoms with Gasteiger partial charge in [0.2, 0.25) is 0 Å². The molecular weight excluding hydrogens is 340 g/mol. The van der Waals surface area contributed by atoms with Gasteiger partial charge in [0.25, 0.3) is 5.91 Å². The average Bonchev–Trinajstić information content (AvgIpc) is 2.65. The van der Waals surface area contributed by atoms with Crippen LogP contribution in [0.5, 0.6) is 0 Å². The van der Waals surface area contributed by atoms with Gasteiger partial charge in [0.15, 0.2) is 0 Å². The number of hydrogen-bond acceptors (Lipinski definition) is 4. The highest BCUT2D eigenvalue weighted by atomic mass is 35.5. The first-order chi connectivity index (χ1) is 12.1. The maximum atomic E-state index is 12.5. The Morgan fingerprint density at radius 2 is 1.84 bits per heavy atom. The fourth-order valence-electron chi connectivity index (χ4n) is 2.45. The number of carbonyl (C=O) groups is 2. The molecule has 0 atom stereocenters. The SMILES string of the molecule is COC(=O)CNC(=O)c1cc(-c2ccc(Cl)cc2)nc2ccccc12. The third kappa shape index (κ3) is 3.78. The summed E-state index contributed by atoms with van der Waals surface area (Å²) in [4.78, 5) is 28.4. The molecule has 1 N–H and O–H groups in total. The first-order valence-electron chi connectivity index (χ1n) is 7.59. The van der Waals surface area contributed by atoms with Gasteiger partial charge in [0.05, 0.1) is 23.9 Å². The molecule has 0 aliphatic heterocycles. The predicted octanol–water partition coefficient (Wildman–Crippen LogP) is 3.46. The molecule has 0 aliphatic carbocycles. The zero-order valence-electron chi connectivity index (χ0n) is 13.5. The van der Waals surface area contributed by atoms with Gasteiger partial charge in [-0.05, 0) is 24.3 Å². The van der Waals surface area contributed by atoms with Gasteiger partial charge in [-0.3, -0.25) is 9.59 Å². The summed E-state index contributed by atoms with van der Waals surface area (Å²) in [6.07, 6.45) is 0. The number of rotatable bonds is 4. The molecule has 1 amide bonds. The summed E-state index contributed by atoms with van der Waals surface area (Å²) in [7, 11) is 1.27. The van der Waals surface area contributed by atoms with Crippen LogP contribution < -0.4 is 5.32 Å². The second-order valence-corrected chi connectivity index (χ2v) is 5.77. The fraction of sp³-hybridized carbons (Fsp3) is 0.105. The van der Waals surface area contributed by atoms with Crippen LogP contribution in [-0.4, -0.2) is 30.5 Å². The molecule has 0 saturated carbocycles. The number of pyridine rings is 1. The first-order valence-corrected chi connectivity index (χ1v) is 7.97. The van der Waals surface area contributed by atoms with E-state index in [4.69, 9.17) is 11.6 Å². The lowest BCUT2D eigenvalue weighted by molar-refractivity contribution is -0.139. The zero-order chi connectivity index (χ0) is 17.8. The summed E-state index contributed by atoms with van der Waals surface area (Å²) in [5, 5.41) is 3.90. The van der Waals surface area contributed by atoms with Crippen molar-refractivity contribution < 1.29 is 14.3 Å². The molecule has 3 aromatic rings. The van der Waals surface area contributed by atoms with Crippen molar-refractivity contribution in [2.24, 2.45) is 0 Å². The molecule has 0 fully saturated rings. The number of nitrogens with one attached hydrogen (secondary N) is 1. The fourth-order valence-corrected chi connectivity index (χ4v) is 2.58. The van der Waals surface area contributed by atoms with Crippen LogP contribution in [0.3, 0.4) is 0 Å². The van der Waals surface area contributed by atoms with Gasteiger partial charge in [-0.25, -0.2) is 4.98 Å². The van der Waals surface area contributed by atoms with Crippen molar-refractivity contribution in [1.82, 2.24) is 10.3 Å². The van der Waals surface area contributed by atoms with E-state index in [0.717, 1.165) is 5.56 Å². The summed E-state index contributed by atoms with van der Waals surface area (Å²) in [6, 6.07) is 16.3.